The first kappa shape index (κ1) is 24.2. The molecule has 0 saturated carbocycles. The zero-order valence-corrected chi connectivity index (χ0v) is 21.3. The number of benzene rings is 1. The molecular weight excluding hydrogens is 488 g/mol. The van der Waals surface area contributed by atoms with Crippen LogP contribution in [0.4, 0.5) is 0 Å². The van der Waals surface area contributed by atoms with Crippen molar-refractivity contribution in [2.75, 3.05) is 0 Å². The normalized spacial score (nSPS) is 11.0. The van der Waals surface area contributed by atoms with Gasteiger partial charge in [-0.15, -0.1) is 0 Å². The smallest absolute Gasteiger partial charge is 0.268 e. The van der Waals surface area contributed by atoms with Crippen LogP contribution in [-0.2, 0) is 20.2 Å². The predicted molar refractivity (Wildman–Crippen MR) is 142 cm³/mol. The Morgan fingerprint density at radius 2 is 1.86 bits per heavy atom. The summed E-state index contributed by atoms with van der Waals surface area (Å²) in [7, 11) is 1.88. The summed E-state index contributed by atoms with van der Waals surface area (Å²) in [4.78, 5) is 22.0. The number of rotatable bonds is 6. The number of halogens is 1. The Kier molecular flexibility index (Phi) is 6.47. The van der Waals surface area contributed by atoms with Crippen molar-refractivity contribution in [1.29, 1.82) is 5.26 Å². The first-order chi connectivity index (χ1) is 17.8. The van der Waals surface area contributed by atoms with Crippen LogP contribution in [0.2, 0.25) is 5.02 Å². The number of hydrogen-bond donors (Lipinski definition) is 0. The third-order valence-electron chi connectivity index (χ3n) is 6.04. The Balaban J connectivity index is 1.52. The average Bonchev–Trinajstić information content (AvgIpc) is 3.30. The summed E-state index contributed by atoms with van der Waals surface area (Å²) in [6.07, 6.45) is 3.53. The maximum Gasteiger partial charge on any atom is 0.268 e. The number of nitrogens with zero attached hydrogens (tertiary/aromatic N) is 6. The van der Waals surface area contributed by atoms with E-state index in [1.165, 1.54) is 10.6 Å². The van der Waals surface area contributed by atoms with Crippen LogP contribution in [-0.4, -0.2) is 24.3 Å². The van der Waals surface area contributed by atoms with Gasteiger partial charge >= 0.3 is 0 Å². The second-order valence-corrected chi connectivity index (χ2v) is 9.17. The van der Waals surface area contributed by atoms with Gasteiger partial charge < -0.3 is 9.30 Å². The molecule has 4 aromatic heterocycles. The molecule has 184 valence electrons. The molecule has 5 aromatic rings. The number of fused-ring (bicyclic) bond motifs is 1. The number of nitriles is 1. The minimum absolute atomic E-state index is 0.0694. The van der Waals surface area contributed by atoms with E-state index in [0.717, 1.165) is 33.5 Å². The fourth-order valence-electron chi connectivity index (χ4n) is 4.30. The molecule has 37 heavy (non-hydrogen) atoms. The van der Waals surface area contributed by atoms with Gasteiger partial charge in [-0.1, -0.05) is 23.7 Å². The van der Waals surface area contributed by atoms with Crippen molar-refractivity contribution in [3.63, 3.8) is 0 Å². The van der Waals surface area contributed by atoms with Gasteiger partial charge in [0.05, 0.1) is 23.0 Å². The zero-order valence-electron chi connectivity index (χ0n) is 20.6. The second-order valence-electron chi connectivity index (χ2n) is 8.76. The average molecular weight is 511 g/mol. The summed E-state index contributed by atoms with van der Waals surface area (Å²) in [5, 5.41) is 15.2. The molecule has 0 aliphatic carbocycles. The van der Waals surface area contributed by atoms with Gasteiger partial charge in [-0.25, -0.2) is 4.98 Å². The molecule has 0 spiro atoms. The van der Waals surface area contributed by atoms with Crippen LogP contribution in [0.15, 0.2) is 65.7 Å². The SMILES string of the molecule is Cc1cc(Cl)c(COc2cccc3c(-c4ccn(C)n4)cc(C)nc23)c(Cn2cccc(C#N)c2=O)n1. The van der Waals surface area contributed by atoms with Crippen molar-refractivity contribution >= 4 is 22.5 Å². The van der Waals surface area contributed by atoms with Gasteiger partial charge in [0.25, 0.3) is 5.56 Å². The monoisotopic (exact) mass is 510 g/mol. The Labute approximate surface area is 218 Å². The number of ether oxygens (including phenoxy) is 1. The Hall–Kier alpha value is -4.48. The Morgan fingerprint density at radius 3 is 2.62 bits per heavy atom. The fraction of sp³-hybridized carbons (Fsp3) is 0.179. The largest absolute Gasteiger partial charge is 0.486 e. The van der Waals surface area contributed by atoms with Crippen molar-refractivity contribution in [2.24, 2.45) is 7.05 Å². The standard InChI is InChI=1S/C28H23ClN6O2/c1-17-12-21(24-9-11-34(3)33-24)20-7-4-8-26(27(20)32-17)37-16-22-23(29)13-18(2)31-25(22)15-35-10-5-6-19(14-30)28(35)36/h4-13H,15-16H2,1-3H3. The van der Waals surface area contributed by atoms with Crippen molar-refractivity contribution in [3.8, 4) is 23.1 Å². The van der Waals surface area contributed by atoms with Crippen LogP contribution in [0, 0.1) is 25.2 Å². The molecule has 0 N–H and O–H groups in total. The number of pyridine rings is 3. The molecule has 0 bridgehead atoms. The van der Waals surface area contributed by atoms with E-state index < -0.39 is 0 Å². The maximum atomic E-state index is 12.6. The van der Waals surface area contributed by atoms with Crippen LogP contribution >= 0.6 is 11.6 Å². The van der Waals surface area contributed by atoms with Gasteiger partial charge in [0.2, 0.25) is 0 Å². The highest BCUT2D eigenvalue weighted by Gasteiger charge is 2.16. The van der Waals surface area contributed by atoms with Gasteiger partial charge in [-0.05, 0) is 50.2 Å². The predicted octanol–water partition coefficient (Wildman–Crippen LogP) is 4.96. The molecule has 0 radical (unpaired) electrons. The quantitative estimate of drug-likeness (QED) is 0.320. The topological polar surface area (TPSA) is 98.6 Å². The van der Waals surface area contributed by atoms with Gasteiger partial charge in [-0.2, -0.15) is 10.4 Å². The summed E-state index contributed by atoms with van der Waals surface area (Å²) in [5.74, 6) is 0.601. The van der Waals surface area contributed by atoms with Crippen LogP contribution in [0.1, 0.15) is 28.2 Å². The van der Waals surface area contributed by atoms with E-state index >= 15 is 0 Å². The zero-order chi connectivity index (χ0) is 26.1. The highest BCUT2D eigenvalue weighted by atomic mass is 35.5. The molecule has 4 heterocycles. The number of aryl methyl sites for hydroxylation is 3. The molecule has 0 atom stereocenters. The summed E-state index contributed by atoms with van der Waals surface area (Å²) >= 11 is 6.63. The molecule has 0 saturated heterocycles. The van der Waals surface area contributed by atoms with E-state index in [1.54, 1.807) is 23.0 Å². The molecule has 1 aromatic carbocycles. The third kappa shape index (κ3) is 4.82. The summed E-state index contributed by atoms with van der Waals surface area (Å²) in [6, 6.07) is 16.6. The lowest BCUT2D eigenvalue weighted by molar-refractivity contribution is 0.307. The van der Waals surface area contributed by atoms with Crippen molar-refractivity contribution in [2.45, 2.75) is 27.0 Å². The minimum atomic E-state index is -0.382. The minimum Gasteiger partial charge on any atom is -0.486 e. The van der Waals surface area contributed by atoms with Gasteiger partial charge in [0.1, 0.15) is 29.5 Å². The first-order valence-electron chi connectivity index (χ1n) is 11.6. The van der Waals surface area contributed by atoms with Crippen molar-refractivity contribution < 1.29 is 4.74 Å². The van der Waals surface area contributed by atoms with Gasteiger partial charge in [0.15, 0.2) is 0 Å². The molecule has 8 nitrogen and oxygen atoms in total. The van der Waals surface area contributed by atoms with E-state index in [2.05, 4.69) is 10.1 Å². The first-order valence-corrected chi connectivity index (χ1v) is 12.0. The number of para-hydroxylation sites is 1. The molecule has 9 heteroatoms. The Morgan fingerprint density at radius 1 is 1.05 bits per heavy atom. The highest BCUT2D eigenvalue weighted by Crippen LogP contribution is 2.33. The molecule has 0 unspecified atom stereocenters. The lowest BCUT2D eigenvalue weighted by Crippen LogP contribution is -2.23. The highest BCUT2D eigenvalue weighted by molar-refractivity contribution is 6.31. The molecule has 0 aliphatic heterocycles. The summed E-state index contributed by atoms with van der Waals surface area (Å²) in [6.45, 7) is 4.06. The molecule has 0 aliphatic rings. The van der Waals surface area contributed by atoms with E-state index in [0.29, 0.717) is 22.0 Å². The molecule has 0 amide bonds. The van der Waals surface area contributed by atoms with E-state index in [-0.39, 0.29) is 24.3 Å². The number of aromatic nitrogens is 5. The summed E-state index contributed by atoms with van der Waals surface area (Å²) < 4.78 is 9.49. The van der Waals surface area contributed by atoms with E-state index in [4.69, 9.17) is 21.3 Å². The second kappa shape index (κ2) is 9.88. The van der Waals surface area contributed by atoms with Gasteiger partial charge in [-0.3, -0.25) is 14.5 Å². The Bertz CT molecular complexity index is 1750. The van der Waals surface area contributed by atoms with Crippen molar-refractivity contribution in [3.05, 3.63) is 105 Å². The van der Waals surface area contributed by atoms with Crippen LogP contribution in [0.3, 0.4) is 0 Å². The van der Waals surface area contributed by atoms with Crippen molar-refractivity contribution in [1.82, 2.24) is 24.3 Å². The van der Waals surface area contributed by atoms with Gasteiger partial charge in [0, 0.05) is 47.3 Å². The number of hydrogen-bond acceptors (Lipinski definition) is 6. The van der Waals surface area contributed by atoms with E-state index in [1.807, 2.05) is 63.5 Å². The molecule has 0 fully saturated rings. The molecule has 5 rings (SSSR count). The maximum absolute atomic E-state index is 12.6. The third-order valence-corrected chi connectivity index (χ3v) is 6.37. The van der Waals surface area contributed by atoms with Crippen LogP contribution < -0.4 is 10.3 Å². The molecular formula is C28H23ClN6O2. The van der Waals surface area contributed by atoms with Crippen LogP contribution in [0.25, 0.3) is 22.2 Å². The van der Waals surface area contributed by atoms with E-state index in [9.17, 15) is 10.1 Å². The lowest BCUT2D eigenvalue weighted by atomic mass is 10.0. The lowest BCUT2D eigenvalue weighted by Gasteiger charge is -2.16. The van der Waals surface area contributed by atoms with Crippen LogP contribution in [0.5, 0.6) is 5.75 Å². The summed E-state index contributed by atoms with van der Waals surface area (Å²) in [5.41, 5.74) is 5.06. The fourth-order valence-corrected chi connectivity index (χ4v) is 4.62.